The van der Waals surface area contributed by atoms with Crippen molar-refractivity contribution in [3.8, 4) is 0 Å². The smallest absolute Gasteiger partial charge is 0.337 e. The number of nitrogens with zero attached hydrogens (tertiary/aromatic N) is 2. The summed E-state index contributed by atoms with van der Waals surface area (Å²) in [6, 6.07) is 5.06. The molecule has 0 radical (unpaired) electrons. The van der Waals surface area contributed by atoms with Crippen LogP contribution in [0.25, 0.3) is 0 Å². The highest BCUT2D eigenvalue weighted by molar-refractivity contribution is 7.99. The summed E-state index contributed by atoms with van der Waals surface area (Å²) in [6.45, 7) is 0. The first-order chi connectivity index (χ1) is 9.08. The summed E-state index contributed by atoms with van der Waals surface area (Å²) in [4.78, 5) is 16.1. The molecule has 0 unspecified atom stereocenters. The first-order valence-corrected chi connectivity index (χ1v) is 7.06. The predicted molar refractivity (Wildman–Crippen MR) is 76.0 cm³/mol. The molecule has 19 heavy (non-hydrogen) atoms. The number of carbonyl (C=O) groups is 1. The van der Waals surface area contributed by atoms with Gasteiger partial charge >= 0.3 is 5.97 Å². The van der Waals surface area contributed by atoms with E-state index < -0.39 is 5.97 Å². The van der Waals surface area contributed by atoms with Crippen molar-refractivity contribution in [1.82, 2.24) is 9.55 Å². The van der Waals surface area contributed by atoms with Gasteiger partial charge in [-0.15, -0.1) is 11.8 Å². The van der Waals surface area contributed by atoms with Gasteiger partial charge in [0.25, 0.3) is 0 Å². The highest BCUT2D eigenvalue weighted by Gasteiger charge is 2.09. The van der Waals surface area contributed by atoms with E-state index in [-0.39, 0.29) is 10.6 Å². The lowest BCUT2D eigenvalue weighted by Crippen LogP contribution is -2.00. The van der Waals surface area contributed by atoms with Gasteiger partial charge in [-0.05, 0) is 18.2 Å². The van der Waals surface area contributed by atoms with Gasteiger partial charge in [0, 0.05) is 36.5 Å². The Morgan fingerprint density at radius 3 is 2.95 bits per heavy atom. The summed E-state index contributed by atoms with van der Waals surface area (Å²) in [7, 11) is 1.96. The number of imidazole rings is 1. The molecule has 0 amide bonds. The van der Waals surface area contributed by atoms with E-state index in [4.69, 9.17) is 16.7 Å². The lowest BCUT2D eigenvalue weighted by Gasteiger charge is -2.05. The molecule has 1 aromatic carbocycles. The third-order valence-electron chi connectivity index (χ3n) is 2.68. The minimum atomic E-state index is -1.00. The van der Waals surface area contributed by atoms with Crippen LogP contribution < -0.4 is 0 Å². The third-order valence-corrected chi connectivity index (χ3v) is 4.01. The highest BCUT2D eigenvalue weighted by atomic mass is 35.5. The molecule has 1 heterocycles. The second-order valence-electron chi connectivity index (χ2n) is 4.00. The van der Waals surface area contributed by atoms with Crippen molar-refractivity contribution in [1.29, 1.82) is 0 Å². The molecule has 2 rings (SSSR count). The third kappa shape index (κ3) is 3.52. The van der Waals surface area contributed by atoms with Crippen LogP contribution in [0.1, 0.15) is 16.2 Å². The second kappa shape index (κ2) is 6.12. The average molecular weight is 297 g/mol. The zero-order chi connectivity index (χ0) is 13.8. The summed E-state index contributed by atoms with van der Waals surface area (Å²) in [5.41, 5.74) is 0.142. The number of aromatic nitrogens is 2. The van der Waals surface area contributed by atoms with Crippen LogP contribution in [-0.2, 0) is 13.5 Å². The number of hydrogen-bond acceptors (Lipinski definition) is 3. The molecule has 4 nitrogen and oxygen atoms in total. The maximum atomic E-state index is 11.0. The molecule has 0 saturated heterocycles. The number of aryl methyl sites for hydroxylation is 2. The molecule has 0 fully saturated rings. The summed E-state index contributed by atoms with van der Waals surface area (Å²) in [6.07, 6.45) is 4.51. The Bertz CT molecular complexity index is 598. The molecule has 0 bridgehead atoms. The lowest BCUT2D eigenvalue weighted by atomic mass is 10.2. The average Bonchev–Trinajstić information content (AvgIpc) is 2.77. The van der Waals surface area contributed by atoms with Gasteiger partial charge in [0.1, 0.15) is 5.82 Å². The lowest BCUT2D eigenvalue weighted by molar-refractivity contribution is 0.0697. The number of hydrogen-bond donors (Lipinski definition) is 1. The van der Waals surface area contributed by atoms with Crippen molar-refractivity contribution < 1.29 is 9.90 Å². The fourth-order valence-corrected chi connectivity index (χ4v) is 2.74. The van der Waals surface area contributed by atoms with Crippen LogP contribution in [0.5, 0.6) is 0 Å². The van der Waals surface area contributed by atoms with Gasteiger partial charge in [-0.1, -0.05) is 11.6 Å². The molecule has 6 heteroatoms. The topological polar surface area (TPSA) is 55.1 Å². The van der Waals surface area contributed by atoms with E-state index in [0.717, 1.165) is 22.9 Å². The first-order valence-electron chi connectivity index (χ1n) is 5.70. The van der Waals surface area contributed by atoms with Crippen molar-refractivity contribution in [2.45, 2.75) is 11.3 Å². The molecule has 0 atom stereocenters. The van der Waals surface area contributed by atoms with Gasteiger partial charge in [-0.3, -0.25) is 0 Å². The number of rotatable bonds is 5. The first kappa shape index (κ1) is 14.0. The number of halogens is 1. The fourth-order valence-electron chi connectivity index (χ4n) is 1.66. The molecular formula is C13H13ClN2O2S. The van der Waals surface area contributed by atoms with Gasteiger partial charge in [0.05, 0.1) is 10.6 Å². The van der Waals surface area contributed by atoms with E-state index in [9.17, 15) is 4.79 Å². The van der Waals surface area contributed by atoms with Crippen molar-refractivity contribution in [2.75, 3.05) is 5.75 Å². The Hall–Kier alpha value is -1.46. The molecule has 1 aromatic heterocycles. The SMILES string of the molecule is Cn1ccnc1CCSc1ccc(Cl)c(C(=O)O)c1. The molecule has 1 N–H and O–H groups in total. The van der Waals surface area contributed by atoms with Crippen LogP contribution in [0.15, 0.2) is 35.5 Å². The van der Waals surface area contributed by atoms with E-state index in [2.05, 4.69) is 4.98 Å². The van der Waals surface area contributed by atoms with Crippen LogP contribution in [-0.4, -0.2) is 26.4 Å². The number of thioether (sulfide) groups is 1. The number of aromatic carboxylic acids is 1. The molecule has 0 spiro atoms. The quantitative estimate of drug-likeness (QED) is 0.861. The van der Waals surface area contributed by atoms with E-state index in [0.29, 0.717) is 0 Å². The van der Waals surface area contributed by atoms with Crippen LogP contribution in [0.3, 0.4) is 0 Å². The van der Waals surface area contributed by atoms with Crippen molar-refractivity contribution >= 4 is 29.3 Å². The van der Waals surface area contributed by atoms with Crippen LogP contribution in [0.2, 0.25) is 5.02 Å². The Balaban J connectivity index is 1.98. The molecule has 2 aromatic rings. The molecule has 0 aliphatic rings. The van der Waals surface area contributed by atoms with Gasteiger partial charge in [-0.2, -0.15) is 0 Å². The Morgan fingerprint density at radius 1 is 1.53 bits per heavy atom. The highest BCUT2D eigenvalue weighted by Crippen LogP contribution is 2.25. The van der Waals surface area contributed by atoms with Crippen molar-refractivity contribution in [3.63, 3.8) is 0 Å². The Kier molecular flexibility index (Phi) is 4.50. The summed E-state index contributed by atoms with van der Waals surface area (Å²) >= 11 is 7.42. The summed E-state index contributed by atoms with van der Waals surface area (Å²) < 4.78 is 1.98. The number of benzene rings is 1. The molecular weight excluding hydrogens is 284 g/mol. The molecule has 0 aliphatic heterocycles. The minimum Gasteiger partial charge on any atom is -0.478 e. The van der Waals surface area contributed by atoms with E-state index >= 15 is 0 Å². The standard InChI is InChI=1S/C13H13ClN2O2S/c1-16-6-5-15-12(16)4-7-19-9-2-3-11(14)10(8-9)13(17)18/h2-3,5-6,8H,4,7H2,1H3,(H,17,18). The van der Waals surface area contributed by atoms with Gasteiger partial charge in [0.2, 0.25) is 0 Å². The summed E-state index contributed by atoms with van der Waals surface area (Å²) in [5.74, 6) is 0.849. The fraction of sp³-hybridized carbons (Fsp3) is 0.231. The molecule has 100 valence electrons. The van der Waals surface area contributed by atoms with Crippen LogP contribution in [0, 0.1) is 0 Å². The largest absolute Gasteiger partial charge is 0.478 e. The second-order valence-corrected chi connectivity index (χ2v) is 5.58. The Labute approximate surface area is 120 Å². The maximum absolute atomic E-state index is 11.0. The predicted octanol–water partition coefficient (Wildman–Crippen LogP) is 3.11. The molecule has 0 aliphatic carbocycles. The van der Waals surface area contributed by atoms with Gasteiger partial charge in [0.15, 0.2) is 0 Å². The van der Waals surface area contributed by atoms with E-state index in [1.807, 2.05) is 23.9 Å². The van der Waals surface area contributed by atoms with Crippen molar-refractivity contribution in [3.05, 3.63) is 47.0 Å². The van der Waals surface area contributed by atoms with Crippen LogP contribution >= 0.6 is 23.4 Å². The number of carboxylic acids is 1. The monoisotopic (exact) mass is 296 g/mol. The zero-order valence-corrected chi connectivity index (χ0v) is 11.9. The van der Waals surface area contributed by atoms with Crippen LogP contribution in [0.4, 0.5) is 0 Å². The zero-order valence-electron chi connectivity index (χ0n) is 10.3. The molecule has 0 saturated carbocycles. The van der Waals surface area contributed by atoms with Gasteiger partial charge in [-0.25, -0.2) is 9.78 Å². The Morgan fingerprint density at radius 2 is 2.32 bits per heavy atom. The maximum Gasteiger partial charge on any atom is 0.337 e. The minimum absolute atomic E-state index is 0.142. The van der Waals surface area contributed by atoms with E-state index in [1.54, 1.807) is 30.1 Å². The van der Waals surface area contributed by atoms with E-state index in [1.165, 1.54) is 0 Å². The number of carboxylic acid groups (broad SMARTS) is 1. The normalized spacial score (nSPS) is 10.6. The van der Waals surface area contributed by atoms with Crippen molar-refractivity contribution in [2.24, 2.45) is 7.05 Å². The summed E-state index contributed by atoms with van der Waals surface area (Å²) in [5, 5.41) is 9.26. The van der Waals surface area contributed by atoms with Gasteiger partial charge < -0.3 is 9.67 Å².